The van der Waals surface area contributed by atoms with Gasteiger partial charge >= 0.3 is 11.9 Å². The van der Waals surface area contributed by atoms with Crippen LogP contribution in [0.4, 0.5) is 0 Å². The van der Waals surface area contributed by atoms with E-state index in [1.807, 2.05) is 38.8 Å². The third-order valence-electron chi connectivity index (χ3n) is 7.08. The molecule has 0 saturated carbocycles. The van der Waals surface area contributed by atoms with Gasteiger partial charge in [0, 0.05) is 36.6 Å². The number of hydrogen-bond acceptors (Lipinski definition) is 12. The van der Waals surface area contributed by atoms with Gasteiger partial charge in [0.1, 0.15) is 0 Å². The van der Waals surface area contributed by atoms with E-state index in [0.29, 0.717) is 17.1 Å². The number of ether oxygens (including phenoxy) is 2. The molecule has 0 spiro atoms. The number of aromatic nitrogens is 3. The number of ketones is 1. The highest BCUT2D eigenvalue weighted by atomic mass is 32.1. The van der Waals surface area contributed by atoms with E-state index in [1.165, 1.54) is 36.9 Å². The van der Waals surface area contributed by atoms with Crippen molar-refractivity contribution in [2.24, 2.45) is 10.8 Å². The highest BCUT2D eigenvalue weighted by molar-refractivity contribution is 7.07. The Kier molecular flexibility index (Phi) is 6.45. The lowest BCUT2D eigenvalue weighted by Crippen LogP contribution is -2.75. The maximum Gasteiger partial charge on any atom is 0.322 e. The Morgan fingerprint density at radius 1 is 0.972 bits per heavy atom. The molecule has 2 aliphatic heterocycles. The van der Waals surface area contributed by atoms with Gasteiger partial charge < -0.3 is 14.4 Å². The van der Waals surface area contributed by atoms with Gasteiger partial charge in [-0.2, -0.15) is 0 Å². The van der Waals surface area contributed by atoms with Crippen LogP contribution in [0.15, 0.2) is 46.2 Å². The Morgan fingerprint density at radius 3 is 1.94 bits per heavy atom. The molecule has 2 bridgehead atoms. The zero-order chi connectivity index (χ0) is 25.5. The molecule has 5 heterocycles. The maximum absolute atomic E-state index is 14.7. The molecule has 4 atom stereocenters. The summed E-state index contributed by atoms with van der Waals surface area (Å²) >= 11 is 2.73. The first-order valence-corrected chi connectivity index (χ1v) is 13.1. The van der Waals surface area contributed by atoms with Crippen molar-refractivity contribution >= 4 is 40.4 Å². The summed E-state index contributed by atoms with van der Waals surface area (Å²) < 4.78 is 10.6. The van der Waals surface area contributed by atoms with Crippen molar-refractivity contribution in [2.45, 2.75) is 18.6 Å². The number of carbonyl (C=O) groups excluding carboxylic acids is 3. The number of hydrogen-bond donors (Lipinski definition) is 0. The number of pyridine rings is 1. The third kappa shape index (κ3) is 3.51. The van der Waals surface area contributed by atoms with Gasteiger partial charge in [-0.05, 0) is 19.2 Å². The largest absolute Gasteiger partial charge is 0.468 e. The average Bonchev–Trinajstić information content (AvgIpc) is 3.60. The van der Waals surface area contributed by atoms with E-state index in [2.05, 4.69) is 15.0 Å². The molecule has 2 aliphatic rings. The first kappa shape index (κ1) is 24.6. The van der Waals surface area contributed by atoms with Gasteiger partial charge in [-0.1, -0.05) is 6.07 Å². The molecule has 0 aliphatic carbocycles. The summed E-state index contributed by atoms with van der Waals surface area (Å²) in [5.74, 6) is -1.96. The maximum atomic E-state index is 14.7. The topological polar surface area (TPSA) is 115 Å². The molecular formula is C24H25N5O5S2. The Labute approximate surface area is 215 Å². The van der Waals surface area contributed by atoms with Crippen molar-refractivity contribution in [3.63, 3.8) is 0 Å². The van der Waals surface area contributed by atoms with E-state index < -0.39 is 40.6 Å². The minimum Gasteiger partial charge on any atom is -0.468 e. The Hall–Kier alpha value is -3.06. The summed E-state index contributed by atoms with van der Waals surface area (Å²) in [5.41, 5.74) is 1.66. The van der Waals surface area contributed by atoms with Crippen LogP contribution in [0.1, 0.15) is 29.2 Å². The van der Waals surface area contributed by atoms with Crippen molar-refractivity contribution in [3.8, 4) is 0 Å². The molecule has 0 amide bonds. The van der Waals surface area contributed by atoms with Crippen LogP contribution in [0.2, 0.25) is 0 Å². The minimum atomic E-state index is -1.73. The molecule has 12 heteroatoms. The monoisotopic (exact) mass is 527 g/mol. The lowest BCUT2D eigenvalue weighted by Gasteiger charge is -2.60. The fourth-order valence-corrected chi connectivity index (χ4v) is 7.05. The summed E-state index contributed by atoms with van der Waals surface area (Å²) in [6.45, 7) is 0.351. The van der Waals surface area contributed by atoms with Crippen molar-refractivity contribution in [1.82, 2.24) is 24.8 Å². The number of rotatable bonds is 6. The van der Waals surface area contributed by atoms with E-state index in [-0.39, 0.29) is 19.6 Å². The van der Waals surface area contributed by atoms with Gasteiger partial charge in [0.15, 0.2) is 16.6 Å². The number of esters is 2. The van der Waals surface area contributed by atoms with Crippen LogP contribution < -0.4 is 0 Å². The lowest BCUT2D eigenvalue weighted by atomic mass is 9.54. The molecule has 4 unspecified atom stereocenters. The number of likely N-dealkylation sites (tertiary alicyclic amines) is 2. The van der Waals surface area contributed by atoms with Crippen LogP contribution in [-0.4, -0.2) is 76.8 Å². The smallest absolute Gasteiger partial charge is 0.322 e. The SMILES string of the molecule is COC(=O)C12CN(C)CC(C(=O)OC)(C1=O)C(c1cscn1)N(Cc1ccccn1)C2c1cscn1. The Morgan fingerprint density at radius 2 is 1.53 bits per heavy atom. The van der Waals surface area contributed by atoms with Crippen LogP contribution in [0, 0.1) is 10.8 Å². The predicted molar refractivity (Wildman–Crippen MR) is 131 cm³/mol. The van der Waals surface area contributed by atoms with Crippen LogP contribution in [0.3, 0.4) is 0 Å². The standard InChI is InChI=1S/C24H25N5O5S2/c1-28-11-23(21(31)33-2)18(16-9-35-13-26-16)29(8-15-6-4-5-7-25-15)19(17-10-36-14-27-17)24(12-28,20(23)30)22(32)34-3/h4-7,9-10,13-14,18-19H,8,11-12H2,1-3H3. The molecule has 5 rings (SSSR count). The zero-order valence-corrected chi connectivity index (χ0v) is 21.6. The summed E-state index contributed by atoms with van der Waals surface area (Å²) in [6, 6.07) is 3.88. The first-order chi connectivity index (χ1) is 17.4. The van der Waals surface area contributed by atoms with Crippen LogP contribution in [0.5, 0.6) is 0 Å². The summed E-state index contributed by atoms with van der Waals surface area (Å²) in [6.07, 6.45) is 1.68. The number of fused-ring (bicyclic) bond motifs is 2. The van der Waals surface area contributed by atoms with Gasteiger partial charge in [0.2, 0.25) is 0 Å². The van der Waals surface area contributed by atoms with Gasteiger partial charge in [0.05, 0.1) is 54.4 Å². The Balaban J connectivity index is 1.85. The summed E-state index contributed by atoms with van der Waals surface area (Å²) in [4.78, 5) is 59.5. The second-order valence-electron chi connectivity index (χ2n) is 9.05. The van der Waals surface area contributed by atoms with E-state index in [1.54, 1.807) is 24.3 Å². The zero-order valence-electron chi connectivity index (χ0n) is 20.0. The van der Waals surface area contributed by atoms with Gasteiger partial charge in [0.25, 0.3) is 0 Å². The minimum absolute atomic E-state index is 0.0575. The van der Waals surface area contributed by atoms with Crippen molar-refractivity contribution in [3.05, 3.63) is 63.3 Å². The predicted octanol–water partition coefficient (Wildman–Crippen LogP) is 2.13. The van der Waals surface area contributed by atoms with Crippen molar-refractivity contribution in [2.75, 3.05) is 34.4 Å². The van der Waals surface area contributed by atoms with E-state index in [9.17, 15) is 14.4 Å². The van der Waals surface area contributed by atoms with Crippen molar-refractivity contribution in [1.29, 1.82) is 0 Å². The molecule has 188 valence electrons. The van der Waals surface area contributed by atoms with Gasteiger partial charge in [-0.15, -0.1) is 22.7 Å². The van der Waals surface area contributed by atoms with Crippen LogP contribution in [0.25, 0.3) is 0 Å². The molecule has 36 heavy (non-hydrogen) atoms. The molecular weight excluding hydrogens is 502 g/mol. The second kappa shape index (κ2) is 9.43. The van der Waals surface area contributed by atoms with E-state index in [4.69, 9.17) is 9.47 Å². The second-order valence-corrected chi connectivity index (χ2v) is 10.5. The molecule has 2 fully saturated rings. The third-order valence-corrected chi connectivity index (χ3v) is 8.29. The van der Waals surface area contributed by atoms with E-state index in [0.717, 1.165) is 0 Å². The summed E-state index contributed by atoms with van der Waals surface area (Å²) in [5, 5.41) is 3.65. The normalized spacial score (nSPS) is 28.6. The molecule has 2 saturated heterocycles. The number of Topliss-reactive ketones (excluding diaryl/α,β-unsaturated/α-hetero) is 1. The summed E-state index contributed by atoms with van der Waals surface area (Å²) in [7, 11) is 4.30. The average molecular weight is 528 g/mol. The number of methoxy groups -OCH3 is 2. The van der Waals surface area contributed by atoms with Crippen molar-refractivity contribution < 1.29 is 23.9 Å². The lowest BCUT2D eigenvalue weighted by molar-refractivity contribution is -0.206. The highest BCUT2D eigenvalue weighted by Crippen LogP contribution is 2.61. The first-order valence-electron chi connectivity index (χ1n) is 11.2. The number of carbonyl (C=O) groups is 3. The number of piperidine rings is 2. The van der Waals surface area contributed by atoms with Crippen LogP contribution in [-0.2, 0) is 30.4 Å². The molecule has 0 N–H and O–H groups in total. The fourth-order valence-electron chi connectivity index (χ4n) is 5.91. The number of nitrogens with zero attached hydrogens (tertiary/aromatic N) is 5. The quantitative estimate of drug-likeness (QED) is 0.349. The van der Waals surface area contributed by atoms with E-state index >= 15 is 0 Å². The van der Waals surface area contributed by atoms with Crippen LogP contribution >= 0.6 is 22.7 Å². The molecule has 0 aromatic carbocycles. The molecule has 10 nitrogen and oxygen atoms in total. The molecule has 0 radical (unpaired) electrons. The van der Waals surface area contributed by atoms with Gasteiger partial charge in [-0.3, -0.25) is 24.3 Å². The number of thiazole rings is 2. The highest BCUT2D eigenvalue weighted by Gasteiger charge is 2.75. The fraction of sp³-hybridized carbons (Fsp3) is 0.417. The molecule has 3 aromatic rings. The molecule has 3 aromatic heterocycles. The van der Waals surface area contributed by atoms with Gasteiger partial charge in [-0.25, -0.2) is 9.97 Å². The Bertz CT molecular complexity index is 1180.